The Morgan fingerprint density at radius 1 is 1.41 bits per heavy atom. The predicted octanol–water partition coefficient (Wildman–Crippen LogP) is 1.51. The van der Waals surface area contributed by atoms with Crippen molar-refractivity contribution in [1.82, 2.24) is 9.78 Å². The molecule has 0 bridgehead atoms. The van der Waals surface area contributed by atoms with Crippen molar-refractivity contribution in [3.8, 4) is 11.4 Å². The Kier molecular flexibility index (Phi) is 2.82. The minimum Gasteiger partial charge on any atom is -0.506 e. The molecule has 0 amide bonds. The van der Waals surface area contributed by atoms with Crippen molar-refractivity contribution in [2.45, 2.75) is 13.3 Å². The number of hydrogen-bond donors (Lipinski definition) is 2. The highest BCUT2D eigenvalue weighted by Crippen LogP contribution is 2.22. The van der Waals surface area contributed by atoms with E-state index >= 15 is 0 Å². The van der Waals surface area contributed by atoms with Crippen molar-refractivity contribution >= 4 is 5.97 Å². The Morgan fingerprint density at radius 2 is 2.12 bits per heavy atom. The van der Waals surface area contributed by atoms with Crippen LogP contribution in [0.15, 0.2) is 30.5 Å². The van der Waals surface area contributed by atoms with Crippen LogP contribution in [0.1, 0.15) is 11.3 Å². The molecule has 0 saturated heterocycles. The third-order valence-electron chi connectivity index (χ3n) is 2.56. The van der Waals surface area contributed by atoms with Gasteiger partial charge in [0.05, 0.1) is 12.6 Å². The molecule has 0 atom stereocenters. The summed E-state index contributed by atoms with van der Waals surface area (Å²) in [5, 5.41) is 22.5. The molecule has 5 nitrogen and oxygen atoms in total. The Labute approximate surface area is 97.9 Å². The van der Waals surface area contributed by atoms with E-state index in [9.17, 15) is 9.90 Å². The van der Waals surface area contributed by atoms with Crippen LogP contribution in [-0.2, 0) is 11.2 Å². The molecule has 1 heterocycles. The van der Waals surface area contributed by atoms with E-state index in [1.165, 1.54) is 10.9 Å². The first kappa shape index (κ1) is 11.2. The van der Waals surface area contributed by atoms with Gasteiger partial charge in [-0.25, -0.2) is 4.68 Å². The third-order valence-corrected chi connectivity index (χ3v) is 2.56. The molecule has 17 heavy (non-hydrogen) atoms. The number of nitrogens with zero attached hydrogens (tertiary/aromatic N) is 2. The van der Waals surface area contributed by atoms with E-state index in [-0.39, 0.29) is 12.2 Å². The standard InChI is InChI=1S/C12H12N2O3/c1-8-9(6-12(16)17)7-13-14(8)10-4-2-3-5-11(10)15/h2-5,7,15H,6H2,1H3,(H,16,17). The summed E-state index contributed by atoms with van der Waals surface area (Å²) in [6.07, 6.45) is 1.44. The number of aliphatic carboxylic acids is 1. The lowest BCUT2D eigenvalue weighted by Gasteiger charge is -2.06. The topological polar surface area (TPSA) is 75.3 Å². The minimum atomic E-state index is -0.898. The van der Waals surface area contributed by atoms with Crippen LogP contribution in [0.25, 0.3) is 5.69 Å². The number of rotatable bonds is 3. The Hall–Kier alpha value is -2.30. The molecule has 0 fully saturated rings. The zero-order valence-corrected chi connectivity index (χ0v) is 9.29. The van der Waals surface area contributed by atoms with E-state index in [2.05, 4.69) is 5.10 Å². The molecule has 1 aromatic heterocycles. The Balaban J connectivity index is 2.44. The van der Waals surface area contributed by atoms with Gasteiger partial charge in [-0.2, -0.15) is 5.10 Å². The van der Waals surface area contributed by atoms with Gasteiger partial charge >= 0.3 is 5.97 Å². The molecule has 0 spiro atoms. The fraction of sp³-hybridized carbons (Fsp3) is 0.167. The first-order valence-electron chi connectivity index (χ1n) is 5.13. The SMILES string of the molecule is Cc1c(CC(=O)O)cnn1-c1ccccc1O. The summed E-state index contributed by atoms with van der Waals surface area (Å²) in [4.78, 5) is 10.6. The molecule has 0 aliphatic carbocycles. The zero-order chi connectivity index (χ0) is 12.4. The van der Waals surface area contributed by atoms with Gasteiger partial charge in [0, 0.05) is 11.3 Å². The highest BCUT2D eigenvalue weighted by atomic mass is 16.4. The number of benzene rings is 1. The van der Waals surface area contributed by atoms with E-state index in [1.54, 1.807) is 31.2 Å². The molecule has 0 saturated carbocycles. The number of aromatic nitrogens is 2. The van der Waals surface area contributed by atoms with Gasteiger partial charge < -0.3 is 10.2 Å². The largest absolute Gasteiger partial charge is 0.506 e. The first-order chi connectivity index (χ1) is 8.09. The summed E-state index contributed by atoms with van der Waals surface area (Å²) >= 11 is 0. The van der Waals surface area contributed by atoms with Crippen LogP contribution >= 0.6 is 0 Å². The number of hydrogen-bond acceptors (Lipinski definition) is 3. The van der Waals surface area contributed by atoms with Crippen LogP contribution in [0.3, 0.4) is 0 Å². The monoisotopic (exact) mass is 232 g/mol. The van der Waals surface area contributed by atoms with E-state index < -0.39 is 5.97 Å². The van der Waals surface area contributed by atoms with Gasteiger partial charge in [-0.15, -0.1) is 0 Å². The normalized spacial score (nSPS) is 10.4. The summed E-state index contributed by atoms with van der Waals surface area (Å²) in [6, 6.07) is 6.79. The fourth-order valence-corrected chi connectivity index (χ4v) is 1.67. The highest BCUT2D eigenvalue weighted by molar-refractivity contribution is 5.70. The molecular formula is C12H12N2O3. The second-order valence-corrected chi connectivity index (χ2v) is 3.73. The Morgan fingerprint density at radius 3 is 2.76 bits per heavy atom. The van der Waals surface area contributed by atoms with E-state index in [0.29, 0.717) is 16.9 Å². The highest BCUT2D eigenvalue weighted by Gasteiger charge is 2.12. The average molecular weight is 232 g/mol. The van der Waals surface area contributed by atoms with Crippen molar-refractivity contribution in [2.24, 2.45) is 0 Å². The molecule has 0 radical (unpaired) electrons. The van der Waals surface area contributed by atoms with Crippen LogP contribution < -0.4 is 0 Å². The number of aromatic hydroxyl groups is 1. The van der Waals surface area contributed by atoms with Gasteiger partial charge in [-0.1, -0.05) is 12.1 Å². The van der Waals surface area contributed by atoms with Crippen LogP contribution in [0.5, 0.6) is 5.75 Å². The maximum Gasteiger partial charge on any atom is 0.307 e. The summed E-state index contributed by atoms with van der Waals surface area (Å²) < 4.78 is 1.54. The summed E-state index contributed by atoms with van der Waals surface area (Å²) in [5.74, 6) is -0.787. The molecule has 0 unspecified atom stereocenters. The molecule has 0 aliphatic rings. The van der Waals surface area contributed by atoms with Crippen LogP contribution in [0.2, 0.25) is 0 Å². The second-order valence-electron chi connectivity index (χ2n) is 3.73. The molecule has 0 aliphatic heterocycles. The number of para-hydroxylation sites is 2. The first-order valence-corrected chi connectivity index (χ1v) is 5.13. The summed E-state index contributed by atoms with van der Waals surface area (Å²) in [7, 11) is 0. The Bertz CT molecular complexity index is 561. The van der Waals surface area contributed by atoms with E-state index in [1.807, 2.05) is 0 Å². The van der Waals surface area contributed by atoms with Gasteiger partial charge in [-0.3, -0.25) is 4.79 Å². The minimum absolute atomic E-state index is 0.0700. The lowest BCUT2D eigenvalue weighted by molar-refractivity contribution is -0.136. The van der Waals surface area contributed by atoms with Crippen molar-refractivity contribution in [3.63, 3.8) is 0 Å². The van der Waals surface area contributed by atoms with Crippen molar-refractivity contribution in [2.75, 3.05) is 0 Å². The number of carboxylic acids is 1. The molecule has 1 aromatic carbocycles. The van der Waals surface area contributed by atoms with Gasteiger partial charge in [0.25, 0.3) is 0 Å². The zero-order valence-electron chi connectivity index (χ0n) is 9.29. The van der Waals surface area contributed by atoms with Crippen molar-refractivity contribution in [3.05, 3.63) is 41.7 Å². The molecule has 2 rings (SSSR count). The smallest absolute Gasteiger partial charge is 0.307 e. The van der Waals surface area contributed by atoms with Crippen LogP contribution in [0, 0.1) is 6.92 Å². The molecule has 2 aromatic rings. The maximum atomic E-state index is 10.6. The van der Waals surface area contributed by atoms with Gasteiger partial charge in [-0.05, 0) is 19.1 Å². The van der Waals surface area contributed by atoms with E-state index in [4.69, 9.17) is 5.11 Å². The molecule has 5 heteroatoms. The lowest BCUT2D eigenvalue weighted by atomic mass is 10.2. The van der Waals surface area contributed by atoms with E-state index in [0.717, 1.165) is 0 Å². The average Bonchev–Trinajstić information content (AvgIpc) is 2.61. The predicted molar refractivity (Wildman–Crippen MR) is 61.3 cm³/mol. The quantitative estimate of drug-likeness (QED) is 0.841. The lowest BCUT2D eigenvalue weighted by Crippen LogP contribution is -2.03. The third kappa shape index (κ3) is 2.13. The van der Waals surface area contributed by atoms with Gasteiger partial charge in [0.1, 0.15) is 11.4 Å². The van der Waals surface area contributed by atoms with Gasteiger partial charge in [0.15, 0.2) is 0 Å². The summed E-state index contributed by atoms with van der Waals surface area (Å²) in [5.41, 5.74) is 1.90. The number of phenols is 1. The molecule has 2 N–H and O–H groups in total. The van der Waals surface area contributed by atoms with Gasteiger partial charge in [0.2, 0.25) is 0 Å². The number of carbonyl (C=O) groups is 1. The number of carboxylic acid groups (broad SMARTS) is 1. The molecule has 88 valence electrons. The maximum absolute atomic E-state index is 10.6. The fourth-order valence-electron chi connectivity index (χ4n) is 1.67. The van der Waals surface area contributed by atoms with Crippen molar-refractivity contribution < 1.29 is 15.0 Å². The number of phenolic OH excluding ortho intramolecular Hbond substituents is 1. The second kappa shape index (κ2) is 4.29. The summed E-state index contributed by atoms with van der Waals surface area (Å²) in [6.45, 7) is 1.78. The molecular weight excluding hydrogens is 220 g/mol. The van der Waals surface area contributed by atoms with Crippen LogP contribution in [-0.4, -0.2) is 26.0 Å². The van der Waals surface area contributed by atoms with Crippen LogP contribution in [0.4, 0.5) is 0 Å². The van der Waals surface area contributed by atoms with Crippen molar-refractivity contribution in [1.29, 1.82) is 0 Å².